The summed E-state index contributed by atoms with van der Waals surface area (Å²) in [5, 5.41) is 8.00. The number of amides is 3. The number of carbonyl (C=O) groups excluding carboxylic acids is 2. The second kappa shape index (κ2) is 6.24. The minimum atomic E-state index is -0.332. The Morgan fingerprint density at radius 1 is 1.04 bits per heavy atom. The van der Waals surface area contributed by atoms with Gasteiger partial charge in [0, 0.05) is 18.4 Å². The normalized spacial score (nSPS) is 19.6. The number of hydrogen-bond acceptors (Lipinski definition) is 3. The fourth-order valence-electron chi connectivity index (χ4n) is 3.72. The number of urea groups is 1. The average molecular weight is 323 g/mol. The molecule has 2 aromatic rings. The largest absolute Gasteiger partial charge is 0.328 e. The first-order chi connectivity index (χ1) is 11.7. The predicted molar refractivity (Wildman–Crippen MR) is 94.3 cm³/mol. The molecular formula is C19H21N3O2. The topological polar surface area (TPSA) is 61.4 Å². The number of fused-ring (bicyclic) bond motifs is 1. The van der Waals surface area contributed by atoms with Crippen molar-refractivity contribution in [3.8, 4) is 0 Å². The summed E-state index contributed by atoms with van der Waals surface area (Å²) in [6, 6.07) is 12.2. The maximum Gasteiger partial charge on any atom is 0.328 e. The molecule has 0 atom stereocenters. The highest BCUT2D eigenvalue weighted by Gasteiger charge is 2.25. The summed E-state index contributed by atoms with van der Waals surface area (Å²) in [7, 11) is 0. The van der Waals surface area contributed by atoms with Crippen LogP contribution in [-0.4, -0.2) is 31.6 Å². The number of hydrogen-bond donors (Lipinski definition) is 2. The molecule has 2 fully saturated rings. The van der Waals surface area contributed by atoms with E-state index in [1.807, 2.05) is 12.1 Å². The summed E-state index contributed by atoms with van der Waals surface area (Å²) in [5.41, 5.74) is 2.24. The quantitative estimate of drug-likeness (QED) is 0.893. The van der Waals surface area contributed by atoms with Crippen molar-refractivity contribution in [2.75, 3.05) is 24.5 Å². The third-order valence-corrected chi connectivity index (χ3v) is 5.04. The minimum Gasteiger partial charge on any atom is -0.317 e. The zero-order chi connectivity index (χ0) is 16.5. The Labute approximate surface area is 141 Å². The van der Waals surface area contributed by atoms with Crippen molar-refractivity contribution in [2.24, 2.45) is 0 Å². The van der Waals surface area contributed by atoms with Crippen LogP contribution in [0.2, 0.25) is 0 Å². The second-order valence-corrected chi connectivity index (χ2v) is 6.54. The van der Waals surface area contributed by atoms with Crippen molar-refractivity contribution in [2.45, 2.75) is 25.2 Å². The lowest BCUT2D eigenvalue weighted by molar-refractivity contribution is -0.120. The molecule has 0 radical (unpaired) electrons. The van der Waals surface area contributed by atoms with Crippen LogP contribution in [0.1, 0.15) is 30.7 Å². The van der Waals surface area contributed by atoms with E-state index in [9.17, 15) is 9.59 Å². The lowest BCUT2D eigenvalue weighted by Crippen LogP contribution is -2.49. The summed E-state index contributed by atoms with van der Waals surface area (Å²) in [6.45, 7) is 2.58. The number of nitrogens with zero attached hydrogens (tertiary/aromatic N) is 1. The maximum absolute atomic E-state index is 12.2. The predicted octanol–water partition coefficient (Wildman–Crippen LogP) is 2.75. The first-order valence-electron chi connectivity index (χ1n) is 8.57. The number of imide groups is 1. The van der Waals surface area contributed by atoms with E-state index in [-0.39, 0.29) is 11.9 Å². The Balaban J connectivity index is 1.70. The Bertz CT molecular complexity index is 796. The molecular weight excluding hydrogens is 302 g/mol. The van der Waals surface area contributed by atoms with E-state index < -0.39 is 0 Å². The maximum atomic E-state index is 12.2. The number of carbonyl (C=O) groups is 2. The molecule has 3 amide bonds. The molecule has 2 aliphatic rings. The van der Waals surface area contributed by atoms with Gasteiger partial charge < -0.3 is 5.32 Å². The van der Waals surface area contributed by atoms with Gasteiger partial charge in [-0.25, -0.2) is 4.79 Å². The fourth-order valence-corrected chi connectivity index (χ4v) is 3.72. The third kappa shape index (κ3) is 2.76. The van der Waals surface area contributed by atoms with Crippen LogP contribution >= 0.6 is 0 Å². The van der Waals surface area contributed by atoms with Gasteiger partial charge >= 0.3 is 6.03 Å². The number of piperidine rings is 1. The summed E-state index contributed by atoms with van der Waals surface area (Å²) < 4.78 is 0. The molecule has 0 unspecified atom stereocenters. The molecule has 2 heterocycles. The van der Waals surface area contributed by atoms with Crippen molar-refractivity contribution >= 4 is 28.4 Å². The summed E-state index contributed by atoms with van der Waals surface area (Å²) >= 11 is 0. The van der Waals surface area contributed by atoms with Crippen LogP contribution < -0.4 is 15.5 Å². The van der Waals surface area contributed by atoms with Crippen LogP contribution in [0.15, 0.2) is 36.4 Å². The average Bonchev–Trinajstić information content (AvgIpc) is 2.62. The van der Waals surface area contributed by atoms with E-state index in [2.05, 4.69) is 34.9 Å². The van der Waals surface area contributed by atoms with Crippen LogP contribution in [0.5, 0.6) is 0 Å². The second-order valence-electron chi connectivity index (χ2n) is 6.54. The van der Waals surface area contributed by atoms with Gasteiger partial charge in [0.1, 0.15) is 0 Å². The number of rotatable bonds is 2. The van der Waals surface area contributed by atoms with Gasteiger partial charge in [-0.15, -0.1) is 0 Å². The summed E-state index contributed by atoms with van der Waals surface area (Å²) in [4.78, 5) is 25.2. The first-order valence-corrected chi connectivity index (χ1v) is 8.57. The monoisotopic (exact) mass is 323 g/mol. The van der Waals surface area contributed by atoms with Crippen molar-refractivity contribution in [3.63, 3.8) is 0 Å². The molecule has 24 heavy (non-hydrogen) atoms. The van der Waals surface area contributed by atoms with E-state index in [4.69, 9.17) is 0 Å². The standard InChI is InChI=1S/C19H21N3O2/c23-18-8-11-22(19(24)21-18)17-3-1-2-15-12-14(4-5-16(15)17)13-6-9-20-10-7-13/h1-5,12-13,20H,6-11H2,(H,21,23,24). The van der Waals surface area contributed by atoms with Gasteiger partial charge in [-0.3, -0.25) is 15.0 Å². The SMILES string of the molecule is O=C1CCN(c2cccc3cc(C4CCNCC4)ccc23)C(=O)N1. The number of anilines is 1. The Morgan fingerprint density at radius 3 is 2.67 bits per heavy atom. The fraction of sp³-hybridized carbons (Fsp3) is 0.368. The molecule has 0 aromatic heterocycles. The van der Waals surface area contributed by atoms with Crippen LogP contribution in [0.25, 0.3) is 10.8 Å². The van der Waals surface area contributed by atoms with Gasteiger partial charge in [0.2, 0.25) is 5.91 Å². The molecule has 0 aliphatic carbocycles. The molecule has 2 aromatic carbocycles. The van der Waals surface area contributed by atoms with E-state index >= 15 is 0 Å². The Morgan fingerprint density at radius 2 is 1.88 bits per heavy atom. The van der Waals surface area contributed by atoms with Crippen LogP contribution in [0.3, 0.4) is 0 Å². The van der Waals surface area contributed by atoms with Gasteiger partial charge in [-0.2, -0.15) is 0 Å². The molecule has 4 rings (SSSR count). The molecule has 5 nitrogen and oxygen atoms in total. The lowest BCUT2D eigenvalue weighted by Gasteiger charge is -2.28. The molecule has 2 saturated heterocycles. The van der Waals surface area contributed by atoms with Gasteiger partial charge in [0.05, 0.1) is 5.69 Å². The smallest absolute Gasteiger partial charge is 0.317 e. The van der Waals surface area contributed by atoms with E-state index in [0.29, 0.717) is 18.9 Å². The van der Waals surface area contributed by atoms with Crippen molar-refractivity contribution in [3.05, 3.63) is 42.0 Å². The van der Waals surface area contributed by atoms with Crippen molar-refractivity contribution in [1.29, 1.82) is 0 Å². The Hall–Kier alpha value is -2.40. The van der Waals surface area contributed by atoms with Gasteiger partial charge in [0.15, 0.2) is 0 Å². The Kier molecular flexibility index (Phi) is 3.94. The van der Waals surface area contributed by atoms with Gasteiger partial charge in [-0.05, 0) is 48.9 Å². The van der Waals surface area contributed by atoms with Crippen LogP contribution in [0.4, 0.5) is 10.5 Å². The zero-order valence-electron chi connectivity index (χ0n) is 13.5. The minimum absolute atomic E-state index is 0.204. The van der Waals surface area contributed by atoms with E-state index in [1.54, 1.807) is 4.90 Å². The van der Waals surface area contributed by atoms with Crippen LogP contribution in [-0.2, 0) is 4.79 Å². The molecule has 2 aliphatic heterocycles. The number of benzene rings is 2. The van der Waals surface area contributed by atoms with E-state index in [0.717, 1.165) is 29.5 Å². The molecule has 5 heteroatoms. The van der Waals surface area contributed by atoms with Crippen LogP contribution in [0, 0.1) is 0 Å². The molecule has 2 N–H and O–H groups in total. The zero-order valence-corrected chi connectivity index (χ0v) is 13.5. The first kappa shape index (κ1) is 15.1. The van der Waals surface area contributed by atoms with E-state index in [1.165, 1.54) is 18.4 Å². The molecule has 0 bridgehead atoms. The number of nitrogens with one attached hydrogen (secondary N) is 2. The van der Waals surface area contributed by atoms with Crippen molar-refractivity contribution < 1.29 is 9.59 Å². The third-order valence-electron chi connectivity index (χ3n) is 5.04. The lowest BCUT2D eigenvalue weighted by atomic mass is 9.89. The summed E-state index contributed by atoms with van der Waals surface area (Å²) in [5.74, 6) is 0.403. The molecule has 0 saturated carbocycles. The highest BCUT2D eigenvalue weighted by Crippen LogP contribution is 2.32. The summed E-state index contributed by atoms with van der Waals surface area (Å²) in [6.07, 6.45) is 2.68. The molecule has 124 valence electrons. The highest BCUT2D eigenvalue weighted by molar-refractivity contribution is 6.10. The van der Waals surface area contributed by atoms with Gasteiger partial charge in [-0.1, -0.05) is 30.3 Å². The highest BCUT2D eigenvalue weighted by atomic mass is 16.2. The van der Waals surface area contributed by atoms with Gasteiger partial charge in [0.25, 0.3) is 0 Å². The van der Waals surface area contributed by atoms with Crippen molar-refractivity contribution in [1.82, 2.24) is 10.6 Å². The molecule has 0 spiro atoms.